The van der Waals surface area contributed by atoms with Gasteiger partial charge in [-0.15, -0.1) is 0 Å². The number of fused-ring (bicyclic) bond motifs is 1. The Kier molecular flexibility index (Phi) is 5.86. The Morgan fingerprint density at radius 2 is 2.04 bits per heavy atom. The first-order valence-electron chi connectivity index (χ1n) is 8.71. The smallest absolute Gasteiger partial charge is 0.336 e. The van der Waals surface area contributed by atoms with E-state index in [9.17, 15) is 9.90 Å². The highest BCUT2D eigenvalue weighted by atomic mass is 16.5. The van der Waals surface area contributed by atoms with E-state index in [1.807, 2.05) is 37.1 Å². The van der Waals surface area contributed by atoms with Gasteiger partial charge in [0.25, 0.3) is 0 Å². The molecular formula is C19H26N2O4. The van der Waals surface area contributed by atoms with Gasteiger partial charge < -0.3 is 14.3 Å². The molecule has 2 heterocycles. The molecule has 0 spiro atoms. The van der Waals surface area contributed by atoms with E-state index in [4.69, 9.17) is 9.15 Å². The monoisotopic (exact) mass is 346 g/mol. The van der Waals surface area contributed by atoms with Crippen LogP contribution in [0.4, 0.5) is 0 Å². The van der Waals surface area contributed by atoms with Crippen LogP contribution in [-0.2, 0) is 11.3 Å². The molecule has 1 aliphatic rings. The SMILES string of the molecule is Cc1ccc2c(CN(C)CC(O)CN3CCOCC3)cc(=O)oc2c1. The molecule has 1 saturated heterocycles. The van der Waals surface area contributed by atoms with Crippen LogP contribution in [0.25, 0.3) is 11.0 Å². The molecule has 1 aliphatic heterocycles. The highest BCUT2D eigenvalue weighted by Gasteiger charge is 2.17. The normalized spacial score (nSPS) is 17.3. The van der Waals surface area contributed by atoms with Gasteiger partial charge in [-0.25, -0.2) is 4.79 Å². The first kappa shape index (κ1) is 18.1. The van der Waals surface area contributed by atoms with E-state index in [1.54, 1.807) is 6.07 Å². The lowest BCUT2D eigenvalue weighted by atomic mass is 10.1. The van der Waals surface area contributed by atoms with Crippen LogP contribution in [0.1, 0.15) is 11.1 Å². The zero-order valence-corrected chi connectivity index (χ0v) is 14.9. The number of aryl methyl sites for hydroxylation is 1. The van der Waals surface area contributed by atoms with Crippen LogP contribution < -0.4 is 5.63 Å². The lowest BCUT2D eigenvalue weighted by Gasteiger charge is -2.30. The van der Waals surface area contributed by atoms with Gasteiger partial charge in [-0.05, 0) is 31.2 Å². The van der Waals surface area contributed by atoms with Crippen LogP contribution >= 0.6 is 0 Å². The molecule has 136 valence electrons. The summed E-state index contributed by atoms with van der Waals surface area (Å²) in [5.41, 5.74) is 2.26. The molecule has 1 atom stereocenters. The number of aliphatic hydroxyl groups excluding tert-OH is 1. The molecule has 0 saturated carbocycles. The third-order valence-corrected chi connectivity index (χ3v) is 4.52. The van der Waals surface area contributed by atoms with Crippen molar-refractivity contribution in [2.24, 2.45) is 0 Å². The topological polar surface area (TPSA) is 66.2 Å². The van der Waals surface area contributed by atoms with E-state index in [1.165, 1.54) is 0 Å². The first-order valence-corrected chi connectivity index (χ1v) is 8.71. The molecule has 0 aliphatic carbocycles. The van der Waals surface area contributed by atoms with Crippen LogP contribution in [0.3, 0.4) is 0 Å². The average Bonchev–Trinajstić information content (AvgIpc) is 2.54. The van der Waals surface area contributed by atoms with Crippen molar-refractivity contribution in [2.75, 3.05) is 46.4 Å². The number of hydrogen-bond donors (Lipinski definition) is 1. The Bertz CT molecular complexity index is 768. The fourth-order valence-electron chi connectivity index (χ4n) is 3.32. The molecule has 0 bridgehead atoms. The van der Waals surface area contributed by atoms with Crippen molar-refractivity contribution in [3.63, 3.8) is 0 Å². The van der Waals surface area contributed by atoms with Gasteiger partial charge >= 0.3 is 5.63 Å². The van der Waals surface area contributed by atoms with Gasteiger partial charge in [0.05, 0.1) is 19.3 Å². The summed E-state index contributed by atoms with van der Waals surface area (Å²) in [5.74, 6) is 0. The summed E-state index contributed by atoms with van der Waals surface area (Å²) in [7, 11) is 1.96. The van der Waals surface area contributed by atoms with Crippen LogP contribution in [0.5, 0.6) is 0 Å². The standard InChI is InChI=1S/C19H26N2O4/c1-14-3-4-17-15(10-19(23)25-18(17)9-14)11-20(2)12-16(22)13-21-5-7-24-8-6-21/h3-4,9-10,16,22H,5-8,11-13H2,1-2H3. The Labute approximate surface area is 147 Å². The van der Waals surface area contributed by atoms with Crippen molar-refractivity contribution in [1.29, 1.82) is 0 Å². The Morgan fingerprint density at radius 1 is 1.28 bits per heavy atom. The number of likely N-dealkylation sites (N-methyl/N-ethyl adjacent to an activating group) is 1. The van der Waals surface area contributed by atoms with Crippen molar-refractivity contribution >= 4 is 11.0 Å². The molecule has 3 rings (SSSR count). The molecule has 1 N–H and O–H groups in total. The molecule has 0 radical (unpaired) electrons. The van der Waals surface area contributed by atoms with Crippen molar-refractivity contribution in [3.8, 4) is 0 Å². The van der Waals surface area contributed by atoms with Crippen LogP contribution in [0.15, 0.2) is 33.5 Å². The zero-order valence-electron chi connectivity index (χ0n) is 14.9. The van der Waals surface area contributed by atoms with Gasteiger partial charge in [0, 0.05) is 44.2 Å². The number of morpholine rings is 1. The van der Waals surface area contributed by atoms with Gasteiger partial charge in [0.2, 0.25) is 0 Å². The Balaban J connectivity index is 1.65. The Hall–Kier alpha value is -1.73. The van der Waals surface area contributed by atoms with Gasteiger partial charge in [-0.2, -0.15) is 0 Å². The molecule has 1 fully saturated rings. The minimum atomic E-state index is -0.434. The molecule has 25 heavy (non-hydrogen) atoms. The van der Waals surface area contributed by atoms with E-state index < -0.39 is 6.10 Å². The quantitative estimate of drug-likeness (QED) is 0.794. The molecule has 6 heteroatoms. The van der Waals surface area contributed by atoms with E-state index in [2.05, 4.69) is 4.90 Å². The van der Waals surface area contributed by atoms with Crippen molar-refractivity contribution in [3.05, 3.63) is 45.8 Å². The predicted octanol–water partition coefficient (Wildman–Crippen LogP) is 1.23. The summed E-state index contributed by atoms with van der Waals surface area (Å²) in [5, 5.41) is 11.3. The predicted molar refractivity (Wildman–Crippen MR) is 96.8 cm³/mol. The Morgan fingerprint density at radius 3 is 2.80 bits per heavy atom. The molecule has 0 amide bonds. The van der Waals surface area contributed by atoms with E-state index >= 15 is 0 Å². The number of hydrogen-bond acceptors (Lipinski definition) is 6. The van der Waals surface area contributed by atoms with E-state index in [0.717, 1.165) is 42.8 Å². The maximum atomic E-state index is 11.8. The molecule has 1 unspecified atom stereocenters. The summed E-state index contributed by atoms with van der Waals surface area (Å²) in [4.78, 5) is 16.1. The average molecular weight is 346 g/mol. The minimum Gasteiger partial charge on any atom is -0.423 e. The fraction of sp³-hybridized carbons (Fsp3) is 0.526. The van der Waals surface area contributed by atoms with Gasteiger partial charge in [0.15, 0.2) is 0 Å². The number of nitrogens with zero attached hydrogens (tertiary/aromatic N) is 2. The summed E-state index contributed by atoms with van der Waals surface area (Å²) in [6.07, 6.45) is -0.434. The second kappa shape index (κ2) is 8.10. The lowest BCUT2D eigenvalue weighted by Crippen LogP contribution is -2.44. The number of aliphatic hydroxyl groups is 1. The molecule has 1 aromatic carbocycles. The highest BCUT2D eigenvalue weighted by Crippen LogP contribution is 2.19. The van der Waals surface area contributed by atoms with E-state index in [0.29, 0.717) is 25.2 Å². The van der Waals surface area contributed by atoms with Crippen molar-refractivity contribution in [1.82, 2.24) is 9.80 Å². The van der Waals surface area contributed by atoms with Crippen LogP contribution in [-0.4, -0.2) is 67.5 Å². The first-order chi connectivity index (χ1) is 12.0. The summed E-state index contributed by atoms with van der Waals surface area (Å²) in [6, 6.07) is 7.43. The number of rotatable bonds is 6. The molecule has 2 aromatic rings. The molecular weight excluding hydrogens is 320 g/mol. The zero-order chi connectivity index (χ0) is 17.8. The molecule has 6 nitrogen and oxygen atoms in total. The largest absolute Gasteiger partial charge is 0.423 e. The van der Waals surface area contributed by atoms with Crippen LogP contribution in [0.2, 0.25) is 0 Å². The fourth-order valence-corrected chi connectivity index (χ4v) is 3.32. The second-order valence-corrected chi connectivity index (χ2v) is 6.85. The van der Waals surface area contributed by atoms with E-state index in [-0.39, 0.29) is 5.63 Å². The second-order valence-electron chi connectivity index (χ2n) is 6.85. The number of β-amino-alcohol motifs (C(OH)–C–C–N with tert-alkyl or cyclic N) is 1. The number of ether oxygens (including phenoxy) is 1. The minimum absolute atomic E-state index is 0.338. The molecule has 1 aromatic heterocycles. The summed E-state index contributed by atoms with van der Waals surface area (Å²) in [6.45, 7) is 6.94. The van der Waals surface area contributed by atoms with Crippen molar-refractivity contribution in [2.45, 2.75) is 19.6 Å². The van der Waals surface area contributed by atoms with Crippen LogP contribution in [0, 0.1) is 6.92 Å². The maximum Gasteiger partial charge on any atom is 0.336 e. The lowest BCUT2D eigenvalue weighted by molar-refractivity contribution is 0.00827. The van der Waals surface area contributed by atoms with Crippen molar-refractivity contribution < 1.29 is 14.3 Å². The third-order valence-electron chi connectivity index (χ3n) is 4.52. The third kappa shape index (κ3) is 4.89. The number of benzene rings is 1. The maximum absolute atomic E-state index is 11.8. The van der Waals surface area contributed by atoms with Gasteiger partial charge in [-0.3, -0.25) is 9.80 Å². The summed E-state index contributed by atoms with van der Waals surface area (Å²) >= 11 is 0. The highest BCUT2D eigenvalue weighted by molar-refractivity contribution is 5.80. The summed E-state index contributed by atoms with van der Waals surface area (Å²) < 4.78 is 10.6. The van der Waals surface area contributed by atoms with Gasteiger partial charge in [-0.1, -0.05) is 12.1 Å². The van der Waals surface area contributed by atoms with Gasteiger partial charge in [0.1, 0.15) is 5.58 Å².